The summed E-state index contributed by atoms with van der Waals surface area (Å²) in [6.07, 6.45) is 1.63. The number of hydrogen-bond acceptors (Lipinski definition) is 10. The molecule has 4 aromatic rings. The number of amides is 1. The number of oxazole rings is 1. The fraction of sp³-hybridized carbons (Fsp3) is 0.378. The number of carbonyl (C=O) groups excluding carboxylic acids is 3. The fourth-order valence-electron chi connectivity index (χ4n) is 7.23. The van der Waals surface area contributed by atoms with Crippen LogP contribution in [-0.4, -0.2) is 52.2 Å². The van der Waals surface area contributed by atoms with E-state index in [4.69, 9.17) is 18.9 Å². The first-order valence-electron chi connectivity index (χ1n) is 16.3. The maximum absolute atomic E-state index is 14.0. The number of methoxy groups -OCH3 is 1. The van der Waals surface area contributed by atoms with Crippen molar-refractivity contribution in [2.75, 3.05) is 12.4 Å². The second-order valence-corrected chi connectivity index (χ2v) is 13.5. The van der Waals surface area contributed by atoms with E-state index in [1.54, 1.807) is 26.2 Å². The summed E-state index contributed by atoms with van der Waals surface area (Å²) < 4.78 is 18.6. The normalized spacial score (nSPS) is 22.8. The van der Waals surface area contributed by atoms with Crippen LogP contribution in [0.4, 0.5) is 5.69 Å². The molecule has 11 heteroatoms. The zero-order chi connectivity index (χ0) is 33.9. The molecule has 7 rings (SSSR count). The number of nitrogens with one attached hydrogen (secondary N) is 2. The average molecular weight is 651 g/mol. The Morgan fingerprint density at radius 1 is 1.06 bits per heavy atom. The van der Waals surface area contributed by atoms with Crippen molar-refractivity contribution in [3.63, 3.8) is 0 Å². The van der Waals surface area contributed by atoms with Crippen LogP contribution in [0.25, 0.3) is 11.1 Å². The van der Waals surface area contributed by atoms with E-state index in [2.05, 4.69) is 15.6 Å². The smallest absolute Gasteiger partial charge is 0.360 e. The number of anilines is 1. The number of esters is 1. The van der Waals surface area contributed by atoms with Gasteiger partial charge in [0.25, 0.3) is 0 Å². The second kappa shape index (κ2) is 11.9. The summed E-state index contributed by atoms with van der Waals surface area (Å²) in [5.74, 6) is -1.80. The molecule has 0 radical (unpaired) electrons. The van der Waals surface area contributed by atoms with Crippen LogP contribution in [0.15, 0.2) is 65.3 Å². The minimum atomic E-state index is -1.19. The minimum Gasteiger partial charge on any atom is -0.469 e. The number of fused-ring (bicyclic) bond motifs is 4. The molecule has 4 bridgehead atoms. The number of hydrogen-bond donors (Lipinski definition) is 3. The molecule has 3 aliphatic heterocycles. The van der Waals surface area contributed by atoms with Crippen LogP contribution in [-0.2, 0) is 26.2 Å². The van der Waals surface area contributed by atoms with Crippen LogP contribution >= 0.6 is 0 Å². The lowest BCUT2D eigenvalue weighted by atomic mass is 9.72. The summed E-state index contributed by atoms with van der Waals surface area (Å²) in [6, 6.07) is 14.8. The van der Waals surface area contributed by atoms with Crippen molar-refractivity contribution in [2.24, 2.45) is 17.8 Å². The van der Waals surface area contributed by atoms with E-state index in [1.807, 2.05) is 62.4 Å². The van der Waals surface area contributed by atoms with E-state index in [-0.39, 0.29) is 47.9 Å². The molecular formula is C37H38N4O7. The third-order valence-corrected chi connectivity index (χ3v) is 9.74. The third kappa shape index (κ3) is 4.87. The van der Waals surface area contributed by atoms with Gasteiger partial charge in [0.05, 0.1) is 7.11 Å². The minimum absolute atomic E-state index is 0.0192. The van der Waals surface area contributed by atoms with Crippen molar-refractivity contribution >= 4 is 23.3 Å². The van der Waals surface area contributed by atoms with Gasteiger partial charge in [-0.05, 0) is 47.6 Å². The van der Waals surface area contributed by atoms with E-state index in [9.17, 15) is 19.5 Å². The first-order chi connectivity index (χ1) is 23.0. The lowest BCUT2D eigenvalue weighted by molar-refractivity contribution is -0.135. The van der Waals surface area contributed by atoms with Gasteiger partial charge in [0.1, 0.15) is 23.3 Å². The van der Waals surface area contributed by atoms with Crippen molar-refractivity contribution in [1.29, 1.82) is 0 Å². The Morgan fingerprint density at radius 3 is 2.54 bits per heavy atom. The van der Waals surface area contributed by atoms with Crippen LogP contribution in [0.2, 0.25) is 0 Å². The second-order valence-electron chi connectivity index (χ2n) is 13.5. The number of benzene rings is 2. The number of ketones is 1. The number of pyridine rings is 1. The molecule has 1 amide bonds. The Hall–Kier alpha value is -5.03. The molecule has 0 saturated carbocycles. The van der Waals surface area contributed by atoms with Gasteiger partial charge in [-0.1, -0.05) is 58.0 Å². The van der Waals surface area contributed by atoms with E-state index in [0.717, 1.165) is 33.5 Å². The molecule has 0 fully saturated rings. The van der Waals surface area contributed by atoms with Gasteiger partial charge in [-0.3, -0.25) is 14.6 Å². The SMILES string of the molecule is COC(=O)c1nc2oc1C13c4cc(ccc4O[C@@H]1Nc1c(-c4ccncc4)cccc13)CC(CC(=O)[C@@H](O)C(C)C)C(=O)N[C@H]2C(C)C. The molecule has 0 aliphatic carbocycles. The molecule has 3 aliphatic rings. The molecule has 11 nitrogen and oxygen atoms in total. The number of carbonyl (C=O) groups is 3. The molecule has 0 saturated heterocycles. The Balaban J connectivity index is 1.49. The van der Waals surface area contributed by atoms with Crippen molar-refractivity contribution in [2.45, 2.75) is 64.3 Å². The predicted molar refractivity (Wildman–Crippen MR) is 175 cm³/mol. The van der Waals surface area contributed by atoms with Crippen LogP contribution in [0.3, 0.4) is 0 Å². The summed E-state index contributed by atoms with van der Waals surface area (Å²) in [5.41, 5.74) is 3.80. The lowest BCUT2D eigenvalue weighted by Crippen LogP contribution is -2.41. The summed E-state index contributed by atoms with van der Waals surface area (Å²) in [4.78, 5) is 49.6. The zero-order valence-electron chi connectivity index (χ0n) is 27.4. The number of para-hydroxylation sites is 1. The molecule has 2 aromatic heterocycles. The van der Waals surface area contributed by atoms with Crippen LogP contribution in [0.1, 0.15) is 79.0 Å². The van der Waals surface area contributed by atoms with Gasteiger partial charge < -0.3 is 29.6 Å². The summed E-state index contributed by atoms with van der Waals surface area (Å²) in [5, 5.41) is 17.2. The molecule has 248 valence electrons. The van der Waals surface area contributed by atoms with Gasteiger partial charge in [-0.15, -0.1) is 0 Å². The molecule has 5 atom stereocenters. The summed E-state index contributed by atoms with van der Waals surface area (Å²) in [7, 11) is 1.29. The summed E-state index contributed by atoms with van der Waals surface area (Å²) >= 11 is 0. The zero-order valence-corrected chi connectivity index (χ0v) is 27.4. The number of aromatic nitrogens is 2. The van der Waals surface area contributed by atoms with E-state index in [1.165, 1.54) is 7.11 Å². The highest BCUT2D eigenvalue weighted by Crippen LogP contribution is 2.60. The van der Waals surface area contributed by atoms with Crippen LogP contribution < -0.4 is 15.4 Å². The molecular weight excluding hydrogens is 612 g/mol. The van der Waals surface area contributed by atoms with Gasteiger partial charge in [0.15, 0.2) is 23.5 Å². The van der Waals surface area contributed by atoms with Crippen molar-refractivity contribution in [3.05, 3.63) is 95.0 Å². The Labute approximate surface area is 278 Å². The molecule has 48 heavy (non-hydrogen) atoms. The van der Waals surface area contributed by atoms with Crippen molar-refractivity contribution < 1.29 is 33.4 Å². The highest BCUT2D eigenvalue weighted by atomic mass is 16.5. The van der Waals surface area contributed by atoms with E-state index >= 15 is 0 Å². The Bertz CT molecular complexity index is 1920. The summed E-state index contributed by atoms with van der Waals surface area (Å²) in [6.45, 7) is 7.35. The number of rotatable bonds is 7. The number of ether oxygens (including phenoxy) is 2. The molecule has 5 heterocycles. The van der Waals surface area contributed by atoms with E-state index < -0.39 is 41.5 Å². The van der Waals surface area contributed by atoms with Gasteiger partial charge in [-0.25, -0.2) is 9.78 Å². The van der Waals surface area contributed by atoms with Gasteiger partial charge in [0.2, 0.25) is 11.8 Å². The van der Waals surface area contributed by atoms with Crippen molar-refractivity contribution in [1.82, 2.24) is 15.3 Å². The standard InChI is InChI=1S/C37H38N4O7/c1-18(2)28-34-40-30(35(45)46-5)32(48-34)37-24-8-6-7-23(21-11-13-38-14-12-21)29(24)41-36(37)47-27-10-9-20(16-25(27)37)15-22(33(44)39-28)17-26(42)31(43)19(3)4/h6-14,16,18-19,22,28,31,36,41,43H,15,17H2,1-5H3,(H,39,44)/t22?,28-,31-,36-,37?/m0/s1. The molecule has 2 unspecified atom stereocenters. The monoisotopic (exact) mass is 650 g/mol. The molecule has 3 N–H and O–H groups in total. The number of nitrogens with zero attached hydrogens (tertiary/aromatic N) is 2. The quantitative estimate of drug-likeness (QED) is 0.234. The fourth-order valence-corrected chi connectivity index (χ4v) is 7.23. The highest BCUT2D eigenvalue weighted by Gasteiger charge is 2.61. The largest absolute Gasteiger partial charge is 0.469 e. The average Bonchev–Trinajstić information content (AvgIpc) is 3.75. The first kappa shape index (κ1) is 31.6. The molecule has 1 spiro atoms. The Kier molecular flexibility index (Phi) is 7.82. The number of aliphatic hydroxyl groups excluding tert-OH is 1. The number of aliphatic hydroxyl groups is 1. The topological polar surface area (TPSA) is 153 Å². The predicted octanol–water partition coefficient (Wildman–Crippen LogP) is 4.96. The van der Waals surface area contributed by atoms with Crippen LogP contribution in [0.5, 0.6) is 5.75 Å². The van der Waals surface area contributed by atoms with Crippen LogP contribution in [0, 0.1) is 17.8 Å². The van der Waals surface area contributed by atoms with E-state index in [0.29, 0.717) is 5.75 Å². The Morgan fingerprint density at radius 2 is 1.83 bits per heavy atom. The molecule has 2 aromatic carbocycles. The van der Waals surface area contributed by atoms with Gasteiger partial charge >= 0.3 is 5.97 Å². The third-order valence-electron chi connectivity index (χ3n) is 9.74. The van der Waals surface area contributed by atoms with Gasteiger partial charge in [0, 0.05) is 47.1 Å². The van der Waals surface area contributed by atoms with Crippen molar-refractivity contribution in [3.8, 4) is 16.9 Å². The highest BCUT2D eigenvalue weighted by molar-refractivity contribution is 5.93. The first-order valence-corrected chi connectivity index (χ1v) is 16.3. The maximum Gasteiger partial charge on any atom is 0.360 e. The lowest BCUT2D eigenvalue weighted by Gasteiger charge is -2.28. The van der Waals surface area contributed by atoms with Gasteiger partial charge in [-0.2, -0.15) is 0 Å². The number of Topliss-reactive ketones (excluding diaryl/α,β-unsaturated/α-hetero) is 1. The maximum atomic E-state index is 14.0.